The van der Waals surface area contributed by atoms with Crippen LogP contribution in [0.3, 0.4) is 0 Å². The number of aromatic nitrogens is 4. The molecule has 1 aliphatic rings. The molecular formula is C27H28N6O2. The van der Waals surface area contributed by atoms with Gasteiger partial charge in [-0.3, -0.25) is 14.3 Å². The second-order valence-electron chi connectivity index (χ2n) is 8.77. The molecule has 8 nitrogen and oxygen atoms in total. The maximum absolute atomic E-state index is 12.9. The molecule has 0 aliphatic carbocycles. The van der Waals surface area contributed by atoms with Gasteiger partial charge in [0.25, 0.3) is 5.56 Å². The molecule has 1 aliphatic heterocycles. The number of hydrogen-bond donors (Lipinski definition) is 2. The molecule has 0 fully saturated rings. The molecule has 0 bridgehead atoms. The second kappa shape index (κ2) is 10.1. The summed E-state index contributed by atoms with van der Waals surface area (Å²) in [6.07, 6.45) is 3.35. The molecule has 178 valence electrons. The van der Waals surface area contributed by atoms with Crippen molar-refractivity contribution in [3.05, 3.63) is 94.4 Å². The van der Waals surface area contributed by atoms with Crippen molar-refractivity contribution < 1.29 is 5.11 Å². The third-order valence-corrected chi connectivity index (χ3v) is 6.10. The highest BCUT2D eigenvalue weighted by molar-refractivity contribution is 5.63. The Morgan fingerprint density at radius 3 is 2.54 bits per heavy atom. The van der Waals surface area contributed by atoms with Gasteiger partial charge in [0.2, 0.25) is 11.9 Å². The van der Waals surface area contributed by atoms with Crippen molar-refractivity contribution in [3.63, 3.8) is 0 Å². The van der Waals surface area contributed by atoms with E-state index in [4.69, 9.17) is 9.97 Å². The van der Waals surface area contributed by atoms with E-state index in [0.717, 1.165) is 24.0 Å². The normalized spacial score (nSPS) is 13.8. The summed E-state index contributed by atoms with van der Waals surface area (Å²) < 4.78 is 1.71. The predicted octanol–water partition coefficient (Wildman–Crippen LogP) is 3.78. The van der Waals surface area contributed by atoms with Crippen LogP contribution < -0.4 is 15.8 Å². The van der Waals surface area contributed by atoms with Crippen LogP contribution in [0.25, 0.3) is 11.3 Å². The van der Waals surface area contributed by atoms with E-state index in [0.29, 0.717) is 36.5 Å². The van der Waals surface area contributed by atoms with Crippen LogP contribution in [-0.2, 0) is 19.6 Å². The zero-order chi connectivity index (χ0) is 24.2. The lowest BCUT2D eigenvalue weighted by Crippen LogP contribution is -2.36. The Morgan fingerprint density at radius 2 is 1.77 bits per heavy atom. The van der Waals surface area contributed by atoms with Crippen LogP contribution in [0.2, 0.25) is 0 Å². The molecule has 0 amide bonds. The van der Waals surface area contributed by atoms with Gasteiger partial charge in [-0.05, 0) is 37.0 Å². The number of nitrogens with one attached hydrogen (secondary N) is 1. The first-order valence-electron chi connectivity index (χ1n) is 11.8. The van der Waals surface area contributed by atoms with Crippen LogP contribution in [0.4, 0.5) is 17.7 Å². The summed E-state index contributed by atoms with van der Waals surface area (Å²) in [7, 11) is 0. The Balaban J connectivity index is 1.39. The Hall–Kier alpha value is -4.04. The Morgan fingerprint density at radius 1 is 1.00 bits per heavy atom. The fourth-order valence-corrected chi connectivity index (χ4v) is 4.35. The maximum Gasteiger partial charge on any atom is 0.255 e. The fourth-order valence-electron chi connectivity index (χ4n) is 4.35. The van der Waals surface area contributed by atoms with E-state index in [-0.39, 0.29) is 18.2 Å². The van der Waals surface area contributed by atoms with Crippen molar-refractivity contribution >= 4 is 17.7 Å². The molecule has 1 atom stereocenters. The molecule has 2 aromatic carbocycles. The number of benzene rings is 2. The van der Waals surface area contributed by atoms with E-state index in [1.807, 2.05) is 65.6 Å². The number of rotatable bonds is 7. The smallest absolute Gasteiger partial charge is 0.255 e. The Bertz CT molecular complexity index is 1350. The van der Waals surface area contributed by atoms with Gasteiger partial charge in [-0.15, -0.1) is 0 Å². The van der Waals surface area contributed by atoms with Crippen LogP contribution in [0, 0.1) is 0 Å². The summed E-state index contributed by atoms with van der Waals surface area (Å²) in [5, 5.41) is 12.6. The molecule has 35 heavy (non-hydrogen) atoms. The summed E-state index contributed by atoms with van der Waals surface area (Å²) in [4.78, 5) is 28.9. The van der Waals surface area contributed by atoms with E-state index >= 15 is 0 Å². The number of anilines is 3. The van der Waals surface area contributed by atoms with Crippen molar-refractivity contribution in [1.29, 1.82) is 0 Å². The highest BCUT2D eigenvalue weighted by Gasteiger charge is 2.23. The third kappa shape index (κ3) is 5.07. The van der Waals surface area contributed by atoms with Crippen LogP contribution in [0.5, 0.6) is 0 Å². The predicted molar refractivity (Wildman–Crippen MR) is 137 cm³/mol. The van der Waals surface area contributed by atoms with Crippen molar-refractivity contribution in [2.45, 2.75) is 39.0 Å². The number of aliphatic hydroxyl groups excluding tert-OH is 1. The average molecular weight is 469 g/mol. The molecular weight excluding hydrogens is 440 g/mol. The zero-order valence-electron chi connectivity index (χ0n) is 19.6. The van der Waals surface area contributed by atoms with E-state index < -0.39 is 0 Å². The van der Waals surface area contributed by atoms with Crippen LogP contribution in [0.1, 0.15) is 24.5 Å². The lowest BCUT2D eigenvalue weighted by Gasteiger charge is -2.30. The van der Waals surface area contributed by atoms with Crippen LogP contribution >= 0.6 is 0 Å². The number of fused-ring (bicyclic) bond motifs is 1. The minimum Gasteiger partial charge on any atom is -0.392 e. The molecule has 0 spiro atoms. The van der Waals surface area contributed by atoms with Gasteiger partial charge in [0.05, 0.1) is 12.3 Å². The zero-order valence-corrected chi connectivity index (χ0v) is 19.6. The highest BCUT2D eigenvalue weighted by Crippen LogP contribution is 2.27. The first kappa shape index (κ1) is 22.7. The number of nitrogens with zero attached hydrogens (tertiary/aromatic N) is 5. The van der Waals surface area contributed by atoms with Crippen molar-refractivity contribution in [3.8, 4) is 11.3 Å². The first-order valence-corrected chi connectivity index (χ1v) is 11.8. The topological polar surface area (TPSA) is 96.2 Å². The lowest BCUT2D eigenvalue weighted by molar-refractivity contribution is 0.282. The maximum atomic E-state index is 12.9. The molecule has 2 N–H and O–H groups in total. The van der Waals surface area contributed by atoms with E-state index in [1.165, 1.54) is 5.56 Å². The Kier molecular flexibility index (Phi) is 6.54. The van der Waals surface area contributed by atoms with Crippen molar-refractivity contribution in [2.75, 3.05) is 16.8 Å². The fraction of sp³-hybridized carbons (Fsp3) is 0.259. The van der Waals surface area contributed by atoms with E-state index in [1.54, 1.807) is 16.8 Å². The highest BCUT2D eigenvalue weighted by atomic mass is 16.3. The van der Waals surface area contributed by atoms with Gasteiger partial charge in [0.15, 0.2) is 0 Å². The number of aliphatic hydroxyl groups is 1. The Labute approximate surface area is 204 Å². The van der Waals surface area contributed by atoms with Crippen molar-refractivity contribution in [1.82, 2.24) is 19.5 Å². The van der Waals surface area contributed by atoms with Crippen LogP contribution in [0.15, 0.2) is 77.7 Å². The van der Waals surface area contributed by atoms with Gasteiger partial charge in [-0.2, -0.15) is 4.98 Å². The van der Waals surface area contributed by atoms with Gasteiger partial charge >= 0.3 is 0 Å². The lowest BCUT2D eigenvalue weighted by atomic mass is 10.1. The minimum absolute atomic E-state index is 0.0438. The van der Waals surface area contributed by atoms with E-state index in [9.17, 15) is 9.90 Å². The summed E-state index contributed by atoms with van der Waals surface area (Å²) in [5.41, 5.74) is 3.56. The standard InChI is InChI=1S/C27H28N6O2/c1-19(16-20-8-10-21(18-34)11-9-20)29-26-28-13-12-24(31-26)32-14-5-15-33-25(35)17-23(30-27(32)33)22-6-3-2-4-7-22/h2-4,6-13,17,19,34H,5,14-16,18H2,1H3,(H,28,29,31). The number of hydrogen-bond acceptors (Lipinski definition) is 7. The minimum atomic E-state index is -0.0632. The summed E-state index contributed by atoms with van der Waals surface area (Å²) >= 11 is 0. The molecule has 8 heteroatoms. The van der Waals surface area contributed by atoms with Gasteiger partial charge in [0, 0.05) is 37.0 Å². The van der Waals surface area contributed by atoms with Gasteiger partial charge < -0.3 is 10.4 Å². The monoisotopic (exact) mass is 468 g/mol. The van der Waals surface area contributed by atoms with Gasteiger partial charge in [-0.1, -0.05) is 54.6 Å². The summed E-state index contributed by atoms with van der Waals surface area (Å²) in [5.74, 6) is 1.83. The van der Waals surface area contributed by atoms with Crippen LogP contribution in [-0.4, -0.2) is 37.2 Å². The van der Waals surface area contributed by atoms with Gasteiger partial charge in [0.1, 0.15) is 5.82 Å². The molecule has 2 aromatic heterocycles. The molecule has 5 rings (SSSR count). The summed E-state index contributed by atoms with van der Waals surface area (Å²) in [6, 6.07) is 21.2. The molecule has 0 saturated carbocycles. The second-order valence-corrected chi connectivity index (χ2v) is 8.77. The first-order chi connectivity index (χ1) is 17.1. The molecule has 3 heterocycles. The average Bonchev–Trinajstić information content (AvgIpc) is 2.89. The molecule has 4 aromatic rings. The molecule has 1 unspecified atom stereocenters. The summed E-state index contributed by atoms with van der Waals surface area (Å²) in [6.45, 7) is 3.48. The van der Waals surface area contributed by atoms with Gasteiger partial charge in [-0.25, -0.2) is 9.97 Å². The molecule has 0 saturated heterocycles. The van der Waals surface area contributed by atoms with Crippen molar-refractivity contribution in [2.24, 2.45) is 0 Å². The SMILES string of the molecule is CC(Cc1ccc(CO)cc1)Nc1nccc(N2CCCn3c2nc(-c2ccccc2)cc3=O)n1. The third-order valence-electron chi connectivity index (χ3n) is 6.10. The van der Waals surface area contributed by atoms with E-state index in [2.05, 4.69) is 17.2 Å². The quantitative estimate of drug-likeness (QED) is 0.426. The molecule has 0 radical (unpaired) electrons. The largest absolute Gasteiger partial charge is 0.392 e.